The van der Waals surface area contributed by atoms with E-state index in [1.165, 1.54) is 0 Å². The molecule has 58 heavy (non-hydrogen) atoms. The fourth-order valence-electron chi connectivity index (χ4n) is 8.19. The molecule has 0 aliphatic carbocycles. The van der Waals surface area contributed by atoms with Crippen LogP contribution >= 0.6 is 0 Å². The molecule has 0 unspecified atom stereocenters. The molecule has 0 N–H and O–H groups in total. The van der Waals surface area contributed by atoms with Crippen LogP contribution in [0, 0.1) is 0 Å². The van der Waals surface area contributed by atoms with Crippen LogP contribution in [0.25, 0.3) is 78.4 Å². The van der Waals surface area contributed by atoms with Crippen LogP contribution in [-0.4, -0.2) is 15.0 Å². The van der Waals surface area contributed by atoms with Crippen molar-refractivity contribution in [3.63, 3.8) is 0 Å². The van der Waals surface area contributed by atoms with Crippen LogP contribution in [0.1, 0.15) is 0 Å². The third kappa shape index (κ3) is 5.18. The van der Waals surface area contributed by atoms with Gasteiger partial charge in [-0.25, -0.2) is 15.0 Å². The summed E-state index contributed by atoms with van der Waals surface area (Å²) in [6.07, 6.45) is 0. The molecular weight excluding hydrogens is 717 g/mol. The summed E-state index contributed by atoms with van der Waals surface area (Å²) in [6, 6.07) is 61.5. The average Bonchev–Trinajstić information content (AvgIpc) is 3.67. The Hall–Kier alpha value is -8.03. The van der Waals surface area contributed by atoms with Crippen LogP contribution in [0.15, 0.2) is 186 Å². The molecule has 2 aliphatic heterocycles. The van der Waals surface area contributed by atoms with Crippen molar-refractivity contribution in [1.29, 1.82) is 0 Å². The number of hydrogen-bond acceptors (Lipinski definition) is 7. The Morgan fingerprint density at radius 3 is 1.66 bits per heavy atom. The third-order valence-corrected chi connectivity index (χ3v) is 10.9. The molecule has 7 nitrogen and oxygen atoms in total. The number of hydrogen-bond donors (Lipinski definition) is 0. The number of anilines is 3. The summed E-state index contributed by atoms with van der Waals surface area (Å²) in [5, 5.41) is 1.87. The van der Waals surface area contributed by atoms with Crippen LogP contribution in [0.2, 0.25) is 0 Å². The highest BCUT2D eigenvalue weighted by molar-refractivity contribution is 6.13. The molecule has 2 aromatic heterocycles. The zero-order chi connectivity index (χ0) is 38.2. The lowest BCUT2D eigenvalue weighted by molar-refractivity contribution is 0.446. The molecule has 0 amide bonds. The average molecular weight is 747 g/mol. The second kappa shape index (κ2) is 12.8. The Morgan fingerprint density at radius 1 is 0.362 bits per heavy atom. The van der Waals surface area contributed by atoms with E-state index in [1.54, 1.807) is 0 Å². The Balaban J connectivity index is 1.02. The quantitative estimate of drug-likeness (QED) is 0.174. The number of ether oxygens (including phenoxy) is 2. The second-order valence-corrected chi connectivity index (χ2v) is 14.4. The molecule has 2 aliphatic rings. The Labute approximate surface area is 333 Å². The molecule has 0 saturated heterocycles. The van der Waals surface area contributed by atoms with Gasteiger partial charge < -0.3 is 13.9 Å². The van der Waals surface area contributed by atoms with Gasteiger partial charge in [0.05, 0.1) is 11.4 Å². The summed E-state index contributed by atoms with van der Waals surface area (Å²) in [7, 11) is 0. The van der Waals surface area contributed by atoms with Gasteiger partial charge in [0.2, 0.25) is 0 Å². The van der Waals surface area contributed by atoms with E-state index in [9.17, 15) is 0 Å². The summed E-state index contributed by atoms with van der Waals surface area (Å²) in [5.74, 6) is 4.76. The summed E-state index contributed by atoms with van der Waals surface area (Å²) < 4.78 is 19.7. The van der Waals surface area contributed by atoms with Crippen LogP contribution in [-0.2, 0) is 0 Å². The van der Waals surface area contributed by atoms with Gasteiger partial charge in [-0.2, -0.15) is 0 Å². The Bertz CT molecular complexity index is 3180. The van der Waals surface area contributed by atoms with Gasteiger partial charge in [0.1, 0.15) is 16.9 Å². The van der Waals surface area contributed by atoms with Gasteiger partial charge in [-0.3, -0.25) is 4.90 Å². The molecule has 4 heterocycles. The Kier molecular flexibility index (Phi) is 7.09. The first-order valence-corrected chi connectivity index (χ1v) is 19.2. The molecule has 0 bridgehead atoms. The first-order valence-electron chi connectivity index (χ1n) is 19.2. The lowest BCUT2D eigenvalue weighted by Crippen LogP contribution is -2.20. The number of aromatic nitrogens is 3. The third-order valence-electron chi connectivity index (χ3n) is 10.9. The monoisotopic (exact) mass is 746 g/mol. The summed E-state index contributed by atoms with van der Waals surface area (Å²) >= 11 is 0. The molecule has 0 radical (unpaired) electrons. The highest BCUT2D eigenvalue weighted by Gasteiger charge is 2.35. The normalized spacial score (nSPS) is 12.4. The lowest BCUT2D eigenvalue weighted by Gasteiger charge is -2.38. The van der Waals surface area contributed by atoms with E-state index in [0.717, 1.165) is 101 Å². The zero-order valence-electron chi connectivity index (χ0n) is 30.8. The van der Waals surface area contributed by atoms with Crippen LogP contribution < -0.4 is 14.4 Å². The molecular formula is C51H30N4O3. The molecule has 0 saturated carbocycles. The largest absolute Gasteiger partial charge is 0.456 e. The highest BCUT2D eigenvalue weighted by atomic mass is 16.5. The van der Waals surface area contributed by atoms with Crippen molar-refractivity contribution in [2.45, 2.75) is 0 Å². The Morgan fingerprint density at radius 2 is 0.931 bits per heavy atom. The van der Waals surface area contributed by atoms with Gasteiger partial charge in [0, 0.05) is 27.5 Å². The fraction of sp³-hybridized carbons (Fsp3) is 0. The number of rotatable bonds is 5. The van der Waals surface area contributed by atoms with Crippen molar-refractivity contribution in [3.05, 3.63) is 182 Å². The van der Waals surface area contributed by atoms with Crippen molar-refractivity contribution in [1.82, 2.24) is 15.0 Å². The maximum absolute atomic E-state index is 6.59. The summed E-state index contributed by atoms with van der Waals surface area (Å²) in [5.41, 5.74) is 11.1. The van der Waals surface area contributed by atoms with E-state index in [4.69, 9.17) is 28.8 Å². The highest BCUT2D eigenvalue weighted by Crippen LogP contribution is 2.60. The van der Waals surface area contributed by atoms with Gasteiger partial charge in [-0.15, -0.1) is 0 Å². The smallest absolute Gasteiger partial charge is 0.164 e. The van der Waals surface area contributed by atoms with Crippen LogP contribution in [0.4, 0.5) is 17.1 Å². The van der Waals surface area contributed by atoms with E-state index in [0.29, 0.717) is 17.5 Å². The topological polar surface area (TPSA) is 73.5 Å². The standard InChI is InChI=1S/C51H30N4O3/c1-3-13-31(14-4-1)33-17-11-18-35(27-33)50-52-49(32-15-5-2-6-16-32)53-51(54-50)37-19-12-24-44-47(37)38-28-34(25-26-41(38)56-44)36-29-45-48-46(30-36)58-43-23-10-8-21-40(43)55(48)39-20-7-9-22-42(39)57-45/h1-30H. The maximum atomic E-state index is 6.59. The van der Waals surface area contributed by atoms with E-state index in [-0.39, 0.29) is 0 Å². The van der Waals surface area contributed by atoms with Gasteiger partial charge in [-0.1, -0.05) is 121 Å². The predicted octanol–water partition coefficient (Wildman–Crippen LogP) is 13.8. The maximum Gasteiger partial charge on any atom is 0.164 e. The molecule has 10 aromatic rings. The van der Waals surface area contributed by atoms with E-state index in [1.807, 2.05) is 103 Å². The molecule has 8 aromatic carbocycles. The predicted molar refractivity (Wildman–Crippen MR) is 229 cm³/mol. The number of benzene rings is 8. The zero-order valence-corrected chi connectivity index (χ0v) is 30.8. The van der Waals surface area contributed by atoms with Crippen molar-refractivity contribution in [2.75, 3.05) is 4.90 Å². The molecule has 12 rings (SSSR count). The minimum Gasteiger partial charge on any atom is -0.456 e. The molecule has 7 heteroatoms. The number of nitrogens with zero attached hydrogens (tertiary/aromatic N) is 4. The van der Waals surface area contributed by atoms with Crippen molar-refractivity contribution in [2.24, 2.45) is 0 Å². The summed E-state index contributed by atoms with van der Waals surface area (Å²) in [6.45, 7) is 0. The van der Waals surface area contributed by atoms with Crippen molar-refractivity contribution >= 4 is 39.0 Å². The molecule has 0 spiro atoms. The lowest BCUT2D eigenvalue weighted by atomic mass is 9.98. The van der Waals surface area contributed by atoms with Gasteiger partial charge in [0.15, 0.2) is 40.5 Å². The minimum absolute atomic E-state index is 0.560. The number of fused-ring (bicyclic) bond motifs is 7. The van der Waals surface area contributed by atoms with Crippen LogP contribution in [0.3, 0.4) is 0 Å². The first-order chi connectivity index (χ1) is 28.7. The molecule has 272 valence electrons. The molecule has 0 fully saturated rings. The number of para-hydroxylation sites is 4. The van der Waals surface area contributed by atoms with Crippen molar-refractivity contribution < 1.29 is 13.9 Å². The number of furan rings is 1. The van der Waals surface area contributed by atoms with E-state index >= 15 is 0 Å². The minimum atomic E-state index is 0.560. The fourth-order valence-corrected chi connectivity index (χ4v) is 8.19. The van der Waals surface area contributed by atoms with E-state index in [2.05, 4.69) is 83.8 Å². The van der Waals surface area contributed by atoms with E-state index < -0.39 is 0 Å². The van der Waals surface area contributed by atoms with Crippen molar-refractivity contribution in [3.8, 4) is 79.4 Å². The SMILES string of the molecule is c1ccc(-c2cccc(-c3nc(-c4ccccc4)nc(-c4cccc5oc6ccc(-c7cc8c9c(c7)Oc7ccccc7N9c7ccccc7O8)cc6c45)n3)c2)cc1. The van der Waals surface area contributed by atoms with Crippen LogP contribution in [0.5, 0.6) is 23.0 Å². The second-order valence-electron chi connectivity index (χ2n) is 14.4. The molecule has 0 atom stereocenters. The first kappa shape index (κ1) is 32.2. The van der Waals surface area contributed by atoms with Gasteiger partial charge >= 0.3 is 0 Å². The summed E-state index contributed by atoms with van der Waals surface area (Å²) in [4.78, 5) is 17.6. The van der Waals surface area contributed by atoms with Gasteiger partial charge in [-0.05, 0) is 82.9 Å². The van der Waals surface area contributed by atoms with Gasteiger partial charge in [0.25, 0.3) is 0 Å².